The van der Waals surface area contributed by atoms with Gasteiger partial charge in [-0.1, -0.05) is 6.07 Å². The molecule has 2 fully saturated rings. The van der Waals surface area contributed by atoms with Crippen molar-refractivity contribution < 1.29 is 22.4 Å². The van der Waals surface area contributed by atoms with E-state index in [4.69, 9.17) is 9.15 Å². The molecule has 0 unspecified atom stereocenters. The second-order valence-electron chi connectivity index (χ2n) is 6.92. The Hall–Kier alpha value is -1.68. The van der Waals surface area contributed by atoms with E-state index in [1.807, 2.05) is 6.92 Å². The van der Waals surface area contributed by atoms with Crippen molar-refractivity contribution in [1.29, 1.82) is 0 Å². The maximum absolute atomic E-state index is 13.0. The van der Waals surface area contributed by atoms with Crippen molar-refractivity contribution in [3.05, 3.63) is 40.7 Å². The number of carbonyl (C=O) groups excluding carboxylic acids is 1. The number of hydrogen-bond donors (Lipinski definition) is 0. The van der Waals surface area contributed by atoms with Crippen molar-refractivity contribution >= 4 is 27.3 Å². The summed E-state index contributed by atoms with van der Waals surface area (Å²) in [5, 5.41) is 1.76. The first-order valence-corrected chi connectivity index (χ1v) is 11.2. The molecule has 4 rings (SSSR count). The number of thiophene rings is 1. The van der Waals surface area contributed by atoms with Crippen molar-refractivity contribution in [2.24, 2.45) is 0 Å². The van der Waals surface area contributed by atoms with Crippen LogP contribution in [0.4, 0.5) is 0 Å². The van der Waals surface area contributed by atoms with Gasteiger partial charge >= 0.3 is 0 Å². The lowest BCUT2D eigenvalue weighted by Gasteiger charge is -2.42. The monoisotopic (exact) mass is 410 g/mol. The van der Waals surface area contributed by atoms with Crippen molar-refractivity contribution in [2.75, 3.05) is 26.2 Å². The summed E-state index contributed by atoms with van der Waals surface area (Å²) in [5.74, 6) is 1.23. The zero-order valence-corrected chi connectivity index (χ0v) is 16.9. The maximum atomic E-state index is 13.0. The molecule has 0 N–H and O–H groups in total. The van der Waals surface area contributed by atoms with Crippen LogP contribution in [-0.4, -0.2) is 55.5 Å². The molecule has 0 aromatic carbocycles. The van der Waals surface area contributed by atoms with Gasteiger partial charge in [-0.2, -0.15) is 4.31 Å². The van der Waals surface area contributed by atoms with Crippen LogP contribution in [0.1, 0.15) is 34.7 Å². The molecule has 2 aromatic heterocycles. The Morgan fingerprint density at radius 1 is 1.22 bits per heavy atom. The average Bonchev–Trinajstić information content (AvgIpc) is 3.36. The summed E-state index contributed by atoms with van der Waals surface area (Å²) in [6.45, 7) is 5.19. The summed E-state index contributed by atoms with van der Waals surface area (Å²) in [6.07, 6.45) is 0.915. The second kappa shape index (κ2) is 6.73. The average molecular weight is 411 g/mol. The van der Waals surface area contributed by atoms with Crippen molar-refractivity contribution in [3.8, 4) is 0 Å². The number of aryl methyl sites for hydroxylation is 2. The van der Waals surface area contributed by atoms with Gasteiger partial charge in [-0.15, -0.1) is 11.3 Å². The standard InChI is InChI=1S/C18H22N2O5S2/c1-13-12-15(14(2)25-13)17(21)19-7-5-18(6-8-19)20(9-10-24-18)27(22,23)16-4-3-11-26-16/h3-4,11-12H,5-10H2,1-2H3. The van der Waals surface area contributed by atoms with E-state index in [-0.39, 0.29) is 5.91 Å². The van der Waals surface area contributed by atoms with Gasteiger partial charge in [0.15, 0.2) is 0 Å². The van der Waals surface area contributed by atoms with Crippen LogP contribution in [0.15, 0.2) is 32.2 Å². The van der Waals surface area contributed by atoms with Crippen LogP contribution >= 0.6 is 11.3 Å². The highest BCUT2D eigenvalue weighted by Gasteiger charge is 2.51. The van der Waals surface area contributed by atoms with Crippen LogP contribution in [0.5, 0.6) is 0 Å². The predicted octanol–water partition coefficient (Wildman–Crippen LogP) is 2.61. The topological polar surface area (TPSA) is 80.1 Å². The molecule has 1 amide bonds. The number of carbonyl (C=O) groups is 1. The van der Waals surface area contributed by atoms with Gasteiger partial charge in [-0.05, 0) is 31.4 Å². The number of rotatable bonds is 3. The second-order valence-corrected chi connectivity index (χ2v) is 9.96. The highest BCUT2D eigenvalue weighted by molar-refractivity contribution is 7.91. The molecule has 7 nitrogen and oxygen atoms in total. The van der Waals surface area contributed by atoms with Gasteiger partial charge in [-0.25, -0.2) is 8.42 Å². The van der Waals surface area contributed by atoms with Gasteiger partial charge in [0.1, 0.15) is 21.5 Å². The number of piperidine rings is 1. The molecule has 0 saturated carbocycles. The Morgan fingerprint density at radius 2 is 1.96 bits per heavy atom. The predicted molar refractivity (Wildman–Crippen MR) is 100 cm³/mol. The van der Waals surface area contributed by atoms with Crippen LogP contribution in [0.2, 0.25) is 0 Å². The summed E-state index contributed by atoms with van der Waals surface area (Å²) >= 11 is 1.21. The lowest BCUT2D eigenvalue weighted by atomic mass is 10.00. The fourth-order valence-electron chi connectivity index (χ4n) is 3.92. The zero-order valence-electron chi connectivity index (χ0n) is 15.3. The first-order chi connectivity index (χ1) is 12.8. The molecule has 0 radical (unpaired) electrons. The molecule has 2 aromatic rings. The van der Waals surface area contributed by atoms with Gasteiger partial charge in [-0.3, -0.25) is 4.79 Å². The molecular weight excluding hydrogens is 388 g/mol. The van der Waals surface area contributed by atoms with Gasteiger partial charge < -0.3 is 14.1 Å². The number of hydrogen-bond acceptors (Lipinski definition) is 6. The number of likely N-dealkylation sites (tertiary alicyclic amines) is 1. The SMILES string of the molecule is Cc1cc(C(=O)N2CCC3(CC2)OCCN3S(=O)(=O)c2cccs2)c(C)o1. The Balaban J connectivity index is 1.52. The van der Waals surface area contributed by atoms with E-state index < -0.39 is 15.7 Å². The lowest BCUT2D eigenvalue weighted by Crippen LogP contribution is -2.55. The molecular formula is C18H22N2O5S2. The molecule has 27 heavy (non-hydrogen) atoms. The minimum Gasteiger partial charge on any atom is -0.466 e. The summed E-state index contributed by atoms with van der Waals surface area (Å²) in [6, 6.07) is 5.11. The largest absolute Gasteiger partial charge is 0.466 e. The number of furan rings is 1. The van der Waals surface area contributed by atoms with Gasteiger partial charge in [0, 0.05) is 32.5 Å². The third-order valence-corrected chi connectivity index (χ3v) is 8.58. The highest BCUT2D eigenvalue weighted by Crippen LogP contribution is 2.39. The summed E-state index contributed by atoms with van der Waals surface area (Å²) < 4.78 is 39.2. The van der Waals surface area contributed by atoms with Gasteiger partial charge in [0.2, 0.25) is 0 Å². The first kappa shape index (κ1) is 18.7. The van der Waals surface area contributed by atoms with E-state index in [2.05, 4.69) is 0 Å². The molecule has 2 aliphatic rings. The van der Waals surface area contributed by atoms with E-state index in [0.29, 0.717) is 60.4 Å². The molecule has 0 aliphatic carbocycles. The van der Waals surface area contributed by atoms with Gasteiger partial charge in [0.25, 0.3) is 15.9 Å². The number of nitrogens with zero attached hydrogens (tertiary/aromatic N) is 2. The number of amides is 1. The molecule has 1 spiro atoms. The van der Waals surface area contributed by atoms with Crippen molar-refractivity contribution in [3.63, 3.8) is 0 Å². The van der Waals surface area contributed by atoms with E-state index >= 15 is 0 Å². The van der Waals surface area contributed by atoms with Crippen LogP contribution < -0.4 is 0 Å². The molecule has 0 atom stereocenters. The Kier molecular flexibility index (Phi) is 4.66. The minimum atomic E-state index is -3.59. The maximum Gasteiger partial charge on any atom is 0.257 e. The molecule has 0 bridgehead atoms. The minimum absolute atomic E-state index is 0.0788. The quantitative estimate of drug-likeness (QED) is 0.777. The van der Waals surface area contributed by atoms with Crippen LogP contribution in [0.3, 0.4) is 0 Å². The third-order valence-electron chi connectivity index (χ3n) is 5.26. The molecule has 9 heteroatoms. The van der Waals surface area contributed by atoms with E-state index in [1.54, 1.807) is 35.4 Å². The summed E-state index contributed by atoms with van der Waals surface area (Å²) in [7, 11) is -3.59. The molecule has 4 heterocycles. The van der Waals surface area contributed by atoms with E-state index in [9.17, 15) is 13.2 Å². The fourth-order valence-corrected chi connectivity index (χ4v) is 6.75. The van der Waals surface area contributed by atoms with E-state index in [0.717, 1.165) is 0 Å². The van der Waals surface area contributed by atoms with Crippen LogP contribution in [0, 0.1) is 13.8 Å². The first-order valence-electron chi connectivity index (χ1n) is 8.90. The number of sulfonamides is 1. The van der Waals surface area contributed by atoms with Gasteiger partial charge in [0.05, 0.1) is 12.2 Å². The van der Waals surface area contributed by atoms with E-state index in [1.165, 1.54) is 15.6 Å². The lowest BCUT2D eigenvalue weighted by molar-refractivity contribution is -0.0856. The van der Waals surface area contributed by atoms with Crippen molar-refractivity contribution in [1.82, 2.24) is 9.21 Å². The summed E-state index contributed by atoms with van der Waals surface area (Å²) in [5.41, 5.74) is -0.292. The third kappa shape index (κ3) is 3.12. The van der Waals surface area contributed by atoms with Crippen LogP contribution in [0.25, 0.3) is 0 Å². The zero-order chi connectivity index (χ0) is 19.2. The Bertz CT molecular complexity index is 941. The Labute approximate surface area is 162 Å². The molecule has 2 saturated heterocycles. The summed E-state index contributed by atoms with van der Waals surface area (Å²) in [4.78, 5) is 14.5. The molecule has 146 valence electrons. The smallest absolute Gasteiger partial charge is 0.257 e. The Morgan fingerprint density at radius 3 is 2.56 bits per heavy atom. The normalized spacial score (nSPS) is 20.4. The fraction of sp³-hybridized carbons (Fsp3) is 0.500. The van der Waals surface area contributed by atoms with Crippen molar-refractivity contribution in [2.45, 2.75) is 36.6 Å². The highest BCUT2D eigenvalue weighted by atomic mass is 32.2. The number of ether oxygens (including phenoxy) is 1. The van der Waals surface area contributed by atoms with Crippen LogP contribution in [-0.2, 0) is 14.8 Å². The molecule has 2 aliphatic heterocycles.